The Kier molecular flexibility index (Phi) is 4.80. The fourth-order valence-corrected chi connectivity index (χ4v) is 4.22. The maximum Gasteiger partial charge on any atom is 0.294 e. The Labute approximate surface area is 168 Å². The van der Waals surface area contributed by atoms with Gasteiger partial charge < -0.3 is 0 Å². The lowest BCUT2D eigenvalue weighted by Crippen LogP contribution is -2.30. The molecule has 0 spiro atoms. The molecule has 0 aliphatic rings. The molecule has 28 heavy (non-hydrogen) atoms. The zero-order valence-electron chi connectivity index (χ0n) is 17.5. The molecule has 0 radical (unpaired) electrons. The van der Waals surface area contributed by atoms with Gasteiger partial charge in [-0.2, -0.15) is 4.57 Å². The molecule has 0 fully saturated rings. The zero-order valence-corrected chi connectivity index (χ0v) is 17.5. The summed E-state index contributed by atoms with van der Waals surface area (Å²) < 4.78 is 4.81. The summed E-state index contributed by atoms with van der Waals surface area (Å²) in [6, 6.07) is 26.2. The standard InChI is InChI=1S/C26H29N2/c1-18(2)21-14-11-15-22(19(3)4)25(21)28-24-17-10-9-16-23(24)27(5)26(28)20-12-7-6-8-13-20/h6-19H,1-5H3/q+1. The molecule has 0 atom stereocenters. The van der Waals surface area contributed by atoms with Gasteiger partial charge in [0.25, 0.3) is 5.82 Å². The maximum absolute atomic E-state index is 2.48. The third-order valence-corrected chi connectivity index (χ3v) is 5.61. The van der Waals surface area contributed by atoms with Gasteiger partial charge in [-0.25, -0.2) is 4.57 Å². The van der Waals surface area contributed by atoms with Gasteiger partial charge in [0, 0.05) is 11.1 Å². The average molecular weight is 370 g/mol. The zero-order chi connectivity index (χ0) is 19.8. The summed E-state index contributed by atoms with van der Waals surface area (Å²) in [6.07, 6.45) is 0. The van der Waals surface area contributed by atoms with Gasteiger partial charge in [-0.1, -0.05) is 76.2 Å². The van der Waals surface area contributed by atoms with Crippen molar-refractivity contribution in [1.29, 1.82) is 0 Å². The van der Waals surface area contributed by atoms with Gasteiger partial charge in [0.2, 0.25) is 0 Å². The highest BCUT2D eigenvalue weighted by atomic mass is 15.2. The van der Waals surface area contributed by atoms with E-state index in [-0.39, 0.29) is 0 Å². The Balaban J connectivity index is 2.20. The molecule has 142 valence electrons. The van der Waals surface area contributed by atoms with Crippen LogP contribution in [0.2, 0.25) is 0 Å². The van der Waals surface area contributed by atoms with E-state index in [9.17, 15) is 0 Å². The second kappa shape index (κ2) is 7.27. The van der Waals surface area contributed by atoms with Crippen LogP contribution in [0.4, 0.5) is 0 Å². The fraction of sp³-hybridized carbons (Fsp3) is 0.269. The van der Waals surface area contributed by atoms with Gasteiger partial charge in [0.1, 0.15) is 5.69 Å². The number of hydrogen-bond donors (Lipinski definition) is 0. The van der Waals surface area contributed by atoms with E-state index in [0.29, 0.717) is 11.8 Å². The minimum absolute atomic E-state index is 0.448. The molecule has 2 nitrogen and oxygen atoms in total. The number of aromatic nitrogens is 2. The summed E-state index contributed by atoms with van der Waals surface area (Å²) in [4.78, 5) is 0. The van der Waals surface area contributed by atoms with Crippen molar-refractivity contribution in [2.45, 2.75) is 39.5 Å². The SMILES string of the molecule is CC(C)c1cccc(C(C)C)c1-n1c(-c2ccccc2)[n+](C)c2ccccc21. The van der Waals surface area contributed by atoms with Gasteiger partial charge in [-0.05, 0) is 36.1 Å². The van der Waals surface area contributed by atoms with Crippen molar-refractivity contribution in [2.75, 3.05) is 0 Å². The van der Waals surface area contributed by atoms with Crippen LogP contribution < -0.4 is 4.57 Å². The Bertz CT molecular complexity index is 1090. The van der Waals surface area contributed by atoms with E-state index in [0.717, 1.165) is 0 Å². The minimum Gasteiger partial charge on any atom is -0.225 e. The van der Waals surface area contributed by atoms with Crippen LogP contribution in [-0.4, -0.2) is 4.57 Å². The lowest BCUT2D eigenvalue weighted by Gasteiger charge is -2.18. The number of nitrogens with zero attached hydrogens (tertiary/aromatic N) is 2. The molecule has 0 amide bonds. The van der Waals surface area contributed by atoms with E-state index in [1.165, 1.54) is 39.2 Å². The molecule has 0 aliphatic heterocycles. The first-order valence-corrected chi connectivity index (χ1v) is 10.2. The van der Waals surface area contributed by atoms with Gasteiger partial charge in [-0.3, -0.25) is 0 Å². The molecular weight excluding hydrogens is 340 g/mol. The molecule has 0 N–H and O–H groups in total. The van der Waals surface area contributed by atoms with E-state index in [2.05, 4.69) is 117 Å². The molecular formula is C26H29N2+. The van der Waals surface area contributed by atoms with Crippen molar-refractivity contribution in [2.24, 2.45) is 7.05 Å². The average Bonchev–Trinajstić information content (AvgIpc) is 3.00. The van der Waals surface area contributed by atoms with Gasteiger partial charge in [0.05, 0.1) is 12.6 Å². The van der Waals surface area contributed by atoms with Crippen molar-refractivity contribution >= 4 is 11.0 Å². The van der Waals surface area contributed by atoms with Crippen LogP contribution in [0.5, 0.6) is 0 Å². The fourth-order valence-electron chi connectivity index (χ4n) is 4.22. The molecule has 1 aromatic heterocycles. The Hall–Kier alpha value is -2.87. The van der Waals surface area contributed by atoms with Crippen LogP contribution in [0.15, 0.2) is 72.8 Å². The molecule has 2 heteroatoms. The van der Waals surface area contributed by atoms with Crippen LogP contribution in [0.3, 0.4) is 0 Å². The Morgan fingerprint density at radius 3 is 1.86 bits per heavy atom. The Morgan fingerprint density at radius 1 is 0.679 bits per heavy atom. The number of benzene rings is 3. The van der Waals surface area contributed by atoms with Gasteiger partial charge >= 0.3 is 0 Å². The van der Waals surface area contributed by atoms with E-state index in [1.807, 2.05) is 0 Å². The molecule has 4 aromatic rings. The van der Waals surface area contributed by atoms with Crippen molar-refractivity contribution in [1.82, 2.24) is 4.57 Å². The topological polar surface area (TPSA) is 8.81 Å². The van der Waals surface area contributed by atoms with Crippen LogP contribution in [0.25, 0.3) is 28.1 Å². The van der Waals surface area contributed by atoms with Crippen molar-refractivity contribution in [3.8, 4) is 17.1 Å². The predicted molar refractivity (Wildman–Crippen MR) is 118 cm³/mol. The molecule has 0 saturated heterocycles. The predicted octanol–water partition coefficient (Wildman–Crippen LogP) is 6.37. The summed E-state index contributed by atoms with van der Waals surface area (Å²) in [7, 11) is 2.17. The molecule has 4 rings (SSSR count). The highest BCUT2D eigenvalue weighted by molar-refractivity contribution is 5.80. The van der Waals surface area contributed by atoms with Gasteiger partial charge in [0.15, 0.2) is 11.0 Å². The van der Waals surface area contributed by atoms with E-state index < -0.39 is 0 Å². The molecule has 0 saturated carbocycles. The second-order valence-electron chi connectivity index (χ2n) is 8.17. The quantitative estimate of drug-likeness (QED) is 0.370. The number of para-hydroxylation sites is 3. The lowest BCUT2D eigenvalue weighted by molar-refractivity contribution is -0.633. The van der Waals surface area contributed by atoms with Crippen LogP contribution in [0, 0.1) is 0 Å². The van der Waals surface area contributed by atoms with Crippen molar-refractivity contribution in [3.63, 3.8) is 0 Å². The second-order valence-corrected chi connectivity index (χ2v) is 8.17. The van der Waals surface area contributed by atoms with Crippen LogP contribution >= 0.6 is 0 Å². The third kappa shape index (κ3) is 2.93. The van der Waals surface area contributed by atoms with E-state index in [4.69, 9.17) is 0 Å². The lowest BCUT2D eigenvalue weighted by atomic mass is 9.92. The van der Waals surface area contributed by atoms with Crippen LogP contribution in [-0.2, 0) is 7.05 Å². The largest absolute Gasteiger partial charge is 0.294 e. The van der Waals surface area contributed by atoms with E-state index >= 15 is 0 Å². The number of aryl methyl sites for hydroxylation is 1. The maximum atomic E-state index is 2.48. The first kappa shape index (κ1) is 18.5. The molecule has 1 heterocycles. The normalized spacial score (nSPS) is 11.7. The number of hydrogen-bond acceptors (Lipinski definition) is 0. The summed E-state index contributed by atoms with van der Waals surface area (Å²) >= 11 is 0. The number of fused-ring (bicyclic) bond motifs is 1. The summed E-state index contributed by atoms with van der Waals surface area (Å²) in [5, 5.41) is 0. The van der Waals surface area contributed by atoms with Crippen molar-refractivity contribution < 1.29 is 4.57 Å². The van der Waals surface area contributed by atoms with Gasteiger partial charge in [-0.15, -0.1) is 0 Å². The molecule has 0 unspecified atom stereocenters. The molecule has 0 bridgehead atoms. The van der Waals surface area contributed by atoms with Crippen LogP contribution in [0.1, 0.15) is 50.7 Å². The monoisotopic (exact) mass is 369 g/mol. The molecule has 0 aliphatic carbocycles. The smallest absolute Gasteiger partial charge is 0.225 e. The summed E-state index contributed by atoms with van der Waals surface area (Å²) in [5.41, 5.74) is 7.85. The van der Waals surface area contributed by atoms with E-state index in [1.54, 1.807) is 0 Å². The highest BCUT2D eigenvalue weighted by Crippen LogP contribution is 2.36. The first-order chi connectivity index (χ1) is 13.5. The molecule has 3 aromatic carbocycles. The summed E-state index contributed by atoms with van der Waals surface area (Å²) in [6.45, 7) is 9.15. The number of imidazole rings is 1. The minimum atomic E-state index is 0.448. The summed E-state index contributed by atoms with van der Waals surface area (Å²) in [5.74, 6) is 2.12. The number of rotatable bonds is 4. The Morgan fingerprint density at radius 2 is 1.25 bits per heavy atom. The highest BCUT2D eigenvalue weighted by Gasteiger charge is 2.29. The third-order valence-electron chi connectivity index (χ3n) is 5.61. The first-order valence-electron chi connectivity index (χ1n) is 10.2. The van der Waals surface area contributed by atoms with Crippen molar-refractivity contribution in [3.05, 3.63) is 83.9 Å².